The zero-order valence-electron chi connectivity index (χ0n) is 10.0. The van der Waals surface area contributed by atoms with Gasteiger partial charge in [0.25, 0.3) is 0 Å². The Morgan fingerprint density at radius 1 is 1.41 bits per heavy atom. The van der Waals surface area contributed by atoms with Crippen LogP contribution in [0.25, 0.3) is 0 Å². The van der Waals surface area contributed by atoms with Crippen LogP contribution in [-0.4, -0.2) is 56.8 Å². The predicted molar refractivity (Wildman–Crippen MR) is 63.8 cm³/mol. The van der Waals surface area contributed by atoms with Gasteiger partial charge in [0.05, 0.1) is 26.3 Å². The lowest BCUT2D eigenvalue weighted by Gasteiger charge is -2.30. The van der Waals surface area contributed by atoms with Crippen molar-refractivity contribution in [2.75, 3.05) is 25.6 Å². The van der Waals surface area contributed by atoms with Crippen LogP contribution in [-0.2, 0) is 18.3 Å². The number of nitrogens with zero attached hydrogens (tertiary/aromatic N) is 5. The highest BCUT2D eigenvalue weighted by Crippen LogP contribution is 2.14. The molecule has 0 radical (unpaired) electrons. The van der Waals surface area contributed by atoms with Gasteiger partial charge in [-0.1, -0.05) is 0 Å². The third kappa shape index (κ3) is 3.90. The van der Waals surface area contributed by atoms with Gasteiger partial charge in [-0.25, -0.2) is 0 Å². The number of aryl methyl sites for hydroxylation is 1. The van der Waals surface area contributed by atoms with Gasteiger partial charge in [0.2, 0.25) is 0 Å². The number of hydrogen-bond donors (Lipinski definition) is 0. The van der Waals surface area contributed by atoms with Crippen molar-refractivity contribution >= 4 is 11.6 Å². The number of rotatable bonds is 5. The van der Waals surface area contributed by atoms with Crippen LogP contribution < -0.4 is 0 Å². The summed E-state index contributed by atoms with van der Waals surface area (Å²) in [6.07, 6.45) is 2.47. The van der Waals surface area contributed by atoms with Crippen molar-refractivity contribution < 1.29 is 4.74 Å². The van der Waals surface area contributed by atoms with E-state index in [1.807, 2.05) is 0 Å². The molecule has 2 heterocycles. The van der Waals surface area contributed by atoms with Crippen LogP contribution in [0.5, 0.6) is 0 Å². The molecule has 0 N–H and O–H groups in total. The quantitative estimate of drug-likeness (QED) is 0.718. The first kappa shape index (κ1) is 12.7. The fourth-order valence-corrected chi connectivity index (χ4v) is 2.12. The molecule has 1 aliphatic rings. The lowest BCUT2D eigenvalue weighted by atomic mass is 10.1. The van der Waals surface area contributed by atoms with Gasteiger partial charge in [0, 0.05) is 19.0 Å². The Bertz CT molecular complexity index is 337. The smallest absolute Gasteiger partial charge is 0.188 e. The summed E-state index contributed by atoms with van der Waals surface area (Å²) in [7, 11) is 1.78. The first-order chi connectivity index (χ1) is 8.28. The van der Waals surface area contributed by atoms with Crippen LogP contribution >= 0.6 is 11.6 Å². The van der Waals surface area contributed by atoms with E-state index in [4.69, 9.17) is 16.3 Å². The number of tetrazole rings is 1. The summed E-state index contributed by atoms with van der Waals surface area (Å²) in [5, 5.41) is 12.0. The minimum absolute atomic E-state index is 0.361. The van der Waals surface area contributed by atoms with Crippen LogP contribution in [0, 0.1) is 0 Å². The first-order valence-electron chi connectivity index (χ1n) is 5.90. The number of aromatic nitrogens is 4. The molecule has 1 fully saturated rings. The van der Waals surface area contributed by atoms with Gasteiger partial charge >= 0.3 is 0 Å². The Labute approximate surface area is 106 Å². The molecule has 7 heteroatoms. The average molecular weight is 260 g/mol. The van der Waals surface area contributed by atoms with Crippen LogP contribution in [0.3, 0.4) is 0 Å². The van der Waals surface area contributed by atoms with E-state index in [0.717, 1.165) is 38.3 Å². The van der Waals surface area contributed by atoms with E-state index in [1.54, 1.807) is 7.05 Å². The molecule has 0 saturated carbocycles. The average Bonchev–Trinajstić information content (AvgIpc) is 2.74. The topological polar surface area (TPSA) is 56.1 Å². The summed E-state index contributed by atoms with van der Waals surface area (Å²) in [5.41, 5.74) is 0. The Hall–Kier alpha value is -0.720. The summed E-state index contributed by atoms with van der Waals surface area (Å²) in [6, 6.07) is 0. The van der Waals surface area contributed by atoms with E-state index >= 15 is 0 Å². The summed E-state index contributed by atoms with van der Waals surface area (Å²) < 4.78 is 5.63. The summed E-state index contributed by atoms with van der Waals surface area (Å²) >= 11 is 5.60. The van der Waals surface area contributed by atoms with Crippen molar-refractivity contribution in [3.63, 3.8) is 0 Å². The lowest BCUT2D eigenvalue weighted by Crippen LogP contribution is -2.37. The SMILES string of the molecule is Cn1nnc(CN2CCC(OCCCl)CC2)n1. The minimum atomic E-state index is 0.361. The highest BCUT2D eigenvalue weighted by Gasteiger charge is 2.20. The zero-order chi connectivity index (χ0) is 12.1. The van der Waals surface area contributed by atoms with E-state index in [0.29, 0.717) is 18.6 Å². The van der Waals surface area contributed by atoms with Crippen LogP contribution in [0.4, 0.5) is 0 Å². The van der Waals surface area contributed by atoms with Crippen molar-refractivity contribution in [3.05, 3.63) is 5.82 Å². The molecule has 0 bridgehead atoms. The highest BCUT2D eigenvalue weighted by molar-refractivity contribution is 6.17. The van der Waals surface area contributed by atoms with Gasteiger partial charge in [-0.05, 0) is 18.1 Å². The number of halogens is 1. The molecule has 0 aliphatic carbocycles. The molecule has 2 rings (SSSR count). The third-order valence-electron chi connectivity index (χ3n) is 2.88. The first-order valence-corrected chi connectivity index (χ1v) is 6.44. The van der Waals surface area contributed by atoms with Crippen LogP contribution in [0.2, 0.25) is 0 Å². The zero-order valence-corrected chi connectivity index (χ0v) is 10.8. The Balaban J connectivity index is 1.72. The fourth-order valence-electron chi connectivity index (χ4n) is 2.03. The predicted octanol–water partition coefficient (Wildman–Crippen LogP) is 0.430. The second-order valence-corrected chi connectivity index (χ2v) is 4.61. The second kappa shape index (κ2) is 6.28. The van der Waals surface area contributed by atoms with E-state index in [2.05, 4.69) is 20.3 Å². The molecule has 0 amide bonds. The molecule has 0 aromatic carbocycles. The number of likely N-dealkylation sites (tertiary alicyclic amines) is 1. The van der Waals surface area contributed by atoms with Crippen molar-refractivity contribution in [1.29, 1.82) is 0 Å². The number of piperidine rings is 1. The Morgan fingerprint density at radius 3 is 2.76 bits per heavy atom. The molecule has 96 valence electrons. The van der Waals surface area contributed by atoms with Crippen molar-refractivity contribution in [2.24, 2.45) is 7.05 Å². The van der Waals surface area contributed by atoms with E-state index in [1.165, 1.54) is 4.80 Å². The van der Waals surface area contributed by atoms with Crippen LogP contribution in [0.1, 0.15) is 18.7 Å². The monoisotopic (exact) mass is 259 g/mol. The normalized spacial score (nSPS) is 18.7. The fraction of sp³-hybridized carbons (Fsp3) is 0.900. The number of ether oxygens (including phenoxy) is 1. The molecule has 17 heavy (non-hydrogen) atoms. The van der Waals surface area contributed by atoms with Crippen molar-refractivity contribution in [2.45, 2.75) is 25.5 Å². The van der Waals surface area contributed by atoms with Gasteiger partial charge in [0.15, 0.2) is 5.82 Å². The molecule has 0 unspecified atom stereocenters. The molecule has 1 aromatic heterocycles. The molecule has 6 nitrogen and oxygen atoms in total. The summed E-state index contributed by atoms with van der Waals surface area (Å²) in [4.78, 5) is 3.82. The third-order valence-corrected chi connectivity index (χ3v) is 3.03. The maximum atomic E-state index is 5.63. The van der Waals surface area contributed by atoms with Crippen molar-refractivity contribution in [3.8, 4) is 0 Å². The van der Waals surface area contributed by atoms with Crippen molar-refractivity contribution in [1.82, 2.24) is 25.1 Å². The molecule has 1 aromatic rings. The van der Waals surface area contributed by atoms with E-state index < -0.39 is 0 Å². The van der Waals surface area contributed by atoms with Crippen LogP contribution in [0.15, 0.2) is 0 Å². The molecular weight excluding hydrogens is 242 g/mol. The van der Waals surface area contributed by atoms with Gasteiger partial charge in [-0.3, -0.25) is 4.90 Å². The van der Waals surface area contributed by atoms with Gasteiger partial charge in [-0.15, -0.1) is 21.8 Å². The minimum Gasteiger partial charge on any atom is -0.377 e. The number of hydrogen-bond acceptors (Lipinski definition) is 5. The van der Waals surface area contributed by atoms with Gasteiger partial charge in [0.1, 0.15) is 0 Å². The molecular formula is C10H18ClN5O. The standard InChI is InChI=1S/C10H18ClN5O/c1-15-13-10(12-14-15)8-16-5-2-9(3-6-16)17-7-4-11/h9H,2-8H2,1H3. The molecule has 0 spiro atoms. The number of alkyl halides is 1. The Kier molecular flexibility index (Phi) is 4.70. The second-order valence-electron chi connectivity index (χ2n) is 4.23. The van der Waals surface area contributed by atoms with Gasteiger partial charge in [-0.2, -0.15) is 4.80 Å². The summed E-state index contributed by atoms with van der Waals surface area (Å²) in [5.74, 6) is 1.36. The van der Waals surface area contributed by atoms with E-state index in [9.17, 15) is 0 Å². The molecule has 0 atom stereocenters. The maximum absolute atomic E-state index is 5.63. The highest BCUT2D eigenvalue weighted by atomic mass is 35.5. The van der Waals surface area contributed by atoms with E-state index in [-0.39, 0.29) is 0 Å². The van der Waals surface area contributed by atoms with Gasteiger partial charge < -0.3 is 4.74 Å². The molecule has 1 saturated heterocycles. The maximum Gasteiger partial charge on any atom is 0.188 e. The lowest BCUT2D eigenvalue weighted by molar-refractivity contribution is 0.0129. The molecule has 1 aliphatic heterocycles. The Morgan fingerprint density at radius 2 is 2.18 bits per heavy atom. The largest absolute Gasteiger partial charge is 0.377 e. The summed E-state index contributed by atoms with van der Waals surface area (Å²) in [6.45, 7) is 3.46.